The SMILES string of the molecule is CC(C)CCCNC(=O)c1ccc([N+](=O)[O-])c(N)c1. The molecule has 0 spiro atoms. The molecule has 0 heterocycles. The lowest BCUT2D eigenvalue weighted by atomic mass is 10.1. The third-order valence-corrected chi connectivity index (χ3v) is 2.73. The molecule has 6 heteroatoms. The van der Waals surface area contributed by atoms with Gasteiger partial charge in [0, 0.05) is 18.2 Å². The van der Waals surface area contributed by atoms with Crippen LogP contribution < -0.4 is 11.1 Å². The van der Waals surface area contributed by atoms with Crippen LogP contribution in [-0.2, 0) is 0 Å². The standard InChI is InChI=1S/C13H19N3O3/c1-9(2)4-3-7-15-13(17)10-5-6-12(16(18)19)11(14)8-10/h5-6,8-9H,3-4,7,14H2,1-2H3,(H,15,17). The first-order chi connectivity index (χ1) is 8.91. The van der Waals surface area contributed by atoms with E-state index in [1.54, 1.807) is 0 Å². The molecule has 0 atom stereocenters. The Kier molecular flexibility index (Phi) is 5.29. The maximum atomic E-state index is 11.8. The van der Waals surface area contributed by atoms with Crippen molar-refractivity contribution in [3.05, 3.63) is 33.9 Å². The van der Waals surface area contributed by atoms with Crippen molar-refractivity contribution in [2.24, 2.45) is 5.92 Å². The zero-order valence-electron chi connectivity index (χ0n) is 11.2. The second kappa shape index (κ2) is 6.72. The van der Waals surface area contributed by atoms with Gasteiger partial charge in [0.2, 0.25) is 0 Å². The van der Waals surface area contributed by atoms with Gasteiger partial charge in [-0.05, 0) is 30.9 Å². The Balaban J connectivity index is 2.58. The minimum absolute atomic E-state index is 0.000157. The summed E-state index contributed by atoms with van der Waals surface area (Å²) in [6.07, 6.45) is 1.95. The molecule has 0 bridgehead atoms. The van der Waals surface area contributed by atoms with Crippen LogP contribution in [0.25, 0.3) is 0 Å². The summed E-state index contributed by atoms with van der Waals surface area (Å²) in [5.41, 5.74) is 5.69. The molecular weight excluding hydrogens is 246 g/mol. The first-order valence-electron chi connectivity index (χ1n) is 6.24. The van der Waals surface area contributed by atoms with Crippen molar-refractivity contribution >= 4 is 17.3 Å². The van der Waals surface area contributed by atoms with Gasteiger partial charge in [-0.25, -0.2) is 0 Å². The highest BCUT2D eigenvalue weighted by Gasteiger charge is 2.14. The summed E-state index contributed by atoms with van der Waals surface area (Å²) in [4.78, 5) is 21.8. The van der Waals surface area contributed by atoms with Gasteiger partial charge in [0.1, 0.15) is 5.69 Å². The number of benzene rings is 1. The smallest absolute Gasteiger partial charge is 0.292 e. The number of nitrogens with two attached hydrogens (primary N) is 1. The minimum atomic E-state index is -0.570. The number of nitro benzene ring substituents is 1. The number of hydrogen-bond acceptors (Lipinski definition) is 4. The van der Waals surface area contributed by atoms with E-state index in [1.165, 1.54) is 18.2 Å². The number of hydrogen-bond donors (Lipinski definition) is 2. The van der Waals surface area contributed by atoms with Gasteiger partial charge in [0.25, 0.3) is 11.6 Å². The maximum Gasteiger partial charge on any atom is 0.292 e. The summed E-state index contributed by atoms with van der Waals surface area (Å²) < 4.78 is 0. The fraction of sp³-hybridized carbons (Fsp3) is 0.462. The Morgan fingerprint density at radius 2 is 2.16 bits per heavy atom. The van der Waals surface area contributed by atoms with Crippen LogP contribution in [0.5, 0.6) is 0 Å². The lowest BCUT2D eigenvalue weighted by Gasteiger charge is -2.07. The topological polar surface area (TPSA) is 98.3 Å². The Morgan fingerprint density at radius 1 is 1.47 bits per heavy atom. The summed E-state index contributed by atoms with van der Waals surface area (Å²) in [6, 6.07) is 3.99. The molecular formula is C13H19N3O3. The van der Waals surface area contributed by atoms with E-state index in [1.807, 2.05) is 0 Å². The molecule has 104 valence electrons. The van der Waals surface area contributed by atoms with Gasteiger partial charge < -0.3 is 11.1 Å². The number of rotatable bonds is 6. The number of carbonyl (C=O) groups excluding carboxylic acids is 1. The van der Waals surface area contributed by atoms with Crippen LogP contribution in [0.1, 0.15) is 37.0 Å². The molecule has 3 N–H and O–H groups in total. The van der Waals surface area contributed by atoms with E-state index < -0.39 is 4.92 Å². The van der Waals surface area contributed by atoms with Crippen molar-refractivity contribution in [2.75, 3.05) is 12.3 Å². The highest BCUT2D eigenvalue weighted by molar-refractivity contribution is 5.95. The molecule has 1 amide bonds. The Morgan fingerprint density at radius 3 is 2.68 bits per heavy atom. The fourth-order valence-corrected chi connectivity index (χ4v) is 1.68. The molecule has 1 aromatic rings. The second-order valence-electron chi connectivity index (χ2n) is 4.82. The van der Waals surface area contributed by atoms with Crippen LogP contribution in [0, 0.1) is 16.0 Å². The molecule has 0 unspecified atom stereocenters. The second-order valence-corrected chi connectivity index (χ2v) is 4.82. The highest BCUT2D eigenvalue weighted by Crippen LogP contribution is 2.21. The fourth-order valence-electron chi connectivity index (χ4n) is 1.68. The Bertz CT molecular complexity index is 472. The van der Waals surface area contributed by atoms with E-state index in [2.05, 4.69) is 19.2 Å². The number of amides is 1. The molecule has 19 heavy (non-hydrogen) atoms. The van der Waals surface area contributed by atoms with Crippen molar-refractivity contribution in [3.63, 3.8) is 0 Å². The minimum Gasteiger partial charge on any atom is -0.393 e. The van der Waals surface area contributed by atoms with Gasteiger partial charge in [-0.1, -0.05) is 13.8 Å². The van der Waals surface area contributed by atoms with Gasteiger partial charge >= 0.3 is 0 Å². The molecule has 0 radical (unpaired) electrons. The van der Waals surface area contributed by atoms with Gasteiger partial charge in [0.15, 0.2) is 0 Å². The molecule has 1 rings (SSSR count). The molecule has 0 aliphatic heterocycles. The monoisotopic (exact) mass is 265 g/mol. The molecule has 6 nitrogen and oxygen atoms in total. The van der Waals surface area contributed by atoms with E-state index >= 15 is 0 Å². The van der Waals surface area contributed by atoms with E-state index in [0.29, 0.717) is 18.0 Å². The van der Waals surface area contributed by atoms with E-state index in [-0.39, 0.29) is 17.3 Å². The largest absolute Gasteiger partial charge is 0.393 e. The third kappa shape index (κ3) is 4.57. The number of nitro groups is 1. The number of carbonyl (C=O) groups is 1. The summed E-state index contributed by atoms with van der Waals surface area (Å²) in [5.74, 6) is 0.345. The highest BCUT2D eigenvalue weighted by atomic mass is 16.6. The van der Waals surface area contributed by atoms with Crippen LogP contribution in [0.4, 0.5) is 11.4 Å². The van der Waals surface area contributed by atoms with E-state index in [9.17, 15) is 14.9 Å². The van der Waals surface area contributed by atoms with Gasteiger partial charge in [-0.15, -0.1) is 0 Å². The molecule has 0 aliphatic carbocycles. The van der Waals surface area contributed by atoms with E-state index in [0.717, 1.165) is 12.8 Å². The average molecular weight is 265 g/mol. The predicted octanol–water partition coefficient (Wildman–Crippen LogP) is 2.34. The van der Waals surface area contributed by atoms with Crippen LogP contribution >= 0.6 is 0 Å². The van der Waals surface area contributed by atoms with E-state index in [4.69, 9.17) is 5.73 Å². The van der Waals surface area contributed by atoms with Crippen LogP contribution in [0.2, 0.25) is 0 Å². The van der Waals surface area contributed by atoms with Crippen molar-refractivity contribution in [3.8, 4) is 0 Å². The quantitative estimate of drug-likeness (QED) is 0.357. The number of nitrogens with zero attached hydrogens (tertiary/aromatic N) is 1. The van der Waals surface area contributed by atoms with Gasteiger partial charge in [-0.2, -0.15) is 0 Å². The van der Waals surface area contributed by atoms with Gasteiger partial charge in [0.05, 0.1) is 4.92 Å². The summed E-state index contributed by atoms with van der Waals surface area (Å²) >= 11 is 0. The number of nitrogens with one attached hydrogen (secondary N) is 1. The maximum absolute atomic E-state index is 11.8. The lowest BCUT2D eigenvalue weighted by Crippen LogP contribution is -2.24. The molecule has 1 aromatic carbocycles. The van der Waals surface area contributed by atoms with Crippen LogP contribution in [-0.4, -0.2) is 17.4 Å². The van der Waals surface area contributed by atoms with Crippen molar-refractivity contribution < 1.29 is 9.72 Å². The zero-order chi connectivity index (χ0) is 14.4. The molecule has 0 fully saturated rings. The predicted molar refractivity (Wildman–Crippen MR) is 73.9 cm³/mol. The van der Waals surface area contributed by atoms with Crippen molar-refractivity contribution in [2.45, 2.75) is 26.7 Å². The normalized spacial score (nSPS) is 10.5. The first-order valence-corrected chi connectivity index (χ1v) is 6.24. The number of anilines is 1. The first kappa shape index (κ1) is 14.9. The Hall–Kier alpha value is -2.11. The van der Waals surface area contributed by atoms with Crippen molar-refractivity contribution in [1.82, 2.24) is 5.32 Å². The molecule has 0 aliphatic rings. The molecule has 0 saturated heterocycles. The average Bonchev–Trinajstić information content (AvgIpc) is 2.33. The third-order valence-electron chi connectivity index (χ3n) is 2.73. The van der Waals surface area contributed by atoms with Crippen molar-refractivity contribution in [1.29, 1.82) is 0 Å². The molecule has 0 aromatic heterocycles. The lowest BCUT2D eigenvalue weighted by molar-refractivity contribution is -0.383. The summed E-state index contributed by atoms with van der Waals surface area (Å²) in [5, 5.41) is 13.4. The Labute approximate surface area is 112 Å². The molecule has 0 saturated carbocycles. The zero-order valence-corrected chi connectivity index (χ0v) is 11.2. The summed E-state index contributed by atoms with van der Waals surface area (Å²) in [7, 11) is 0. The van der Waals surface area contributed by atoms with Gasteiger partial charge in [-0.3, -0.25) is 14.9 Å². The van der Waals surface area contributed by atoms with Crippen LogP contribution in [0.3, 0.4) is 0 Å². The number of nitrogen functional groups attached to an aromatic ring is 1. The van der Waals surface area contributed by atoms with Crippen LogP contribution in [0.15, 0.2) is 18.2 Å². The summed E-state index contributed by atoms with van der Waals surface area (Å²) in [6.45, 7) is 4.84.